The van der Waals surface area contributed by atoms with Gasteiger partial charge in [-0.15, -0.1) is 0 Å². The predicted octanol–water partition coefficient (Wildman–Crippen LogP) is 5.59. The van der Waals surface area contributed by atoms with E-state index in [0.717, 1.165) is 16.8 Å². The monoisotopic (exact) mass is 452 g/mol. The standard InChI is InChI=1S/C24H22ClFN4O2/c1-16-14-21(28-30(16)15-17-2-8-20(25)9-3-17)23-27-22(29-32-23)18-4-6-19(7-5-18)24(26)10-12-31-13-11-24/h2-9,14H,10-13,15H2,1H3. The molecular formula is C24H22ClFN4O2. The summed E-state index contributed by atoms with van der Waals surface area (Å²) in [6.07, 6.45) is 0.744. The van der Waals surface area contributed by atoms with Crippen LogP contribution in [0, 0.1) is 6.92 Å². The van der Waals surface area contributed by atoms with Crippen LogP contribution < -0.4 is 0 Å². The Labute approximate surface area is 190 Å². The van der Waals surface area contributed by atoms with Crippen molar-refractivity contribution in [3.8, 4) is 23.0 Å². The second-order valence-electron chi connectivity index (χ2n) is 8.03. The number of ether oxygens (including phenoxy) is 1. The Hall–Kier alpha value is -3.03. The van der Waals surface area contributed by atoms with Gasteiger partial charge in [-0.2, -0.15) is 10.1 Å². The van der Waals surface area contributed by atoms with E-state index in [1.165, 1.54) is 0 Å². The van der Waals surface area contributed by atoms with E-state index in [1.54, 1.807) is 12.1 Å². The summed E-state index contributed by atoms with van der Waals surface area (Å²) in [5.41, 5.74) is 2.75. The highest BCUT2D eigenvalue weighted by molar-refractivity contribution is 6.30. The van der Waals surface area contributed by atoms with Gasteiger partial charge in [-0.3, -0.25) is 4.68 Å². The quantitative estimate of drug-likeness (QED) is 0.395. The highest BCUT2D eigenvalue weighted by Crippen LogP contribution is 2.37. The van der Waals surface area contributed by atoms with E-state index < -0.39 is 5.67 Å². The van der Waals surface area contributed by atoms with Gasteiger partial charge in [0, 0.05) is 42.3 Å². The Morgan fingerprint density at radius 3 is 2.50 bits per heavy atom. The number of rotatable bonds is 5. The summed E-state index contributed by atoms with van der Waals surface area (Å²) in [7, 11) is 0. The van der Waals surface area contributed by atoms with Crippen molar-refractivity contribution in [3.05, 3.63) is 76.4 Å². The van der Waals surface area contributed by atoms with Crippen molar-refractivity contribution in [3.63, 3.8) is 0 Å². The second kappa shape index (κ2) is 8.48. The first-order valence-corrected chi connectivity index (χ1v) is 10.9. The predicted molar refractivity (Wildman–Crippen MR) is 119 cm³/mol. The summed E-state index contributed by atoms with van der Waals surface area (Å²) >= 11 is 5.96. The molecule has 2 aromatic carbocycles. The molecule has 1 aliphatic heterocycles. The Kier molecular flexibility index (Phi) is 5.53. The lowest BCUT2D eigenvalue weighted by molar-refractivity contribution is -0.0114. The molecule has 164 valence electrons. The first-order valence-electron chi connectivity index (χ1n) is 10.5. The maximum atomic E-state index is 15.1. The topological polar surface area (TPSA) is 66.0 Å². The van der Waals surface area contributed by atoms with Crippen molar-refractivity contribution in [2.24, 2.45) is 0 Å². The zero-order valence-electron chi connectivity index (χ0n) is 17.6. The lowest BCUT2D eigenvalue weighted by Crippen LogP contribution is -2.29. The maximum absolute atomic E-state index is 15.1. The minimum absolute atomic E-state index is 0.341. The smallest absolute Gasteiger partial charge is 0.278 e. The van der Waals surface area contributed by atoms with E-state index in [4.69, 9.17) is 20.9 Å². The number of hydrogen-bond donors (Lipinski definition) is 0. The highest BCUT2D eigenvalue weighted by Gasteiger charge is 2.34. The van der Waals surface area contributed by atoms with Crippen LogP contribution in [0.1, 0.15) is 29.7 Å². The van der Waals surface area contributed by atoms with Gasteiger partial charge in [0.15, 0.2) is 5.69 Å². The summed E-state index contributed by atoms with van der Waals surface area (Å²) in [6, 6.07) is 16.8. The minimum atomic E-state index is -1.34. The van der Waals surface area contributed by atoms with Gasteiger partial charge < -0.3 is 9.26 Å². The third kappa shape index (κ3) is 4.18. The van der Waals surface area contributed by atoms with E-state index in [2.05, 4.69) is 15.2 Å². The van der Waals surface area contributed by atoms with Crippen molar-refractivity contribution >= 4 is 11.6 Å². The van der Waals surface area contributed by atoms with Crippen molar-refractivity contribution in [1.82, 2.24) is 19.9 Å². The molecule has 0 N–H and O–H groups in total. The zero-order valence-corrected chi connectivity index (χ0v) is 18.3. The molecule has 3 heterocycles. The molecule has 1 aliphatic rings. The fourth-order valence-electron chi connectivity index (χ4n) is 3.88. The molecule has 2 aromatic heterocycles. The fourth-order valence-corrected chi connectivity index (χ4v) is 4.01. The van der Waals surface area contributed by atoms with E-state index in [0.29, 0.717) is 60.6 Å². The molecule has 1 fully saturated rings. The highest BCUT2D eigenvalue weighted by atomic mass is 35.5. The largest absolute Gasteiger partial charge is 0.381 e. The second-order valence-corrected chi connectivity index (χ2v) is 8.47. The van der Waals surface area contributed by atoms with Crippen molar-refractivity contribution in [2.45, 2.75) is 32.0 Å². The van der Waals surface area contributed by atoms with Gasteiger partial charge in [0.25, 0.3) is 5.89 Å². The molecule has 0 radical (unpaired) electrons. The third-order valence-corrected chi connectivity index (χ3v) is 6.07. The number of hydrogen-bond acceptors (Lipinski definition) is 5. The van der Waals surface area contributed by atoms with Crippen LogP contribution in [0.15, 0.2) is 59.1 Å². The number of benzene rings is 2. The molecule has 8 heteroatoms. The molecule has 0 atom stereocenters. The summed E-state index contributed by atoms with van der Waals surface area (Å²) < 4.78 is 27.8. The average molecular weight is 453 g/mol. The van der Waals surface area contributed by atoms with Crippen LogP contribution >= 0.6 is 11.6 Å². The Bertz CT molecular complexity index is 1210. The minimum Gasteiger partial charge on any atom is -0.381 e. The van der Waals surface area contributed by atoms with Gasteiger partial charge in [0.2, 0.25) is 5.82 Å². The van der Waals surface area contributed by atoms with Gasteiger partial charge in [0.05, 0.1) is 6.54 Å². The number of alkyl halides is 1. The maximum Gasteiger partial charge on any atom is 0.278 e. The molecular weight excluding hydrogens is 431 g/mol. The molecule has 0 unspecified atom stereocenters. The first kappa shape index (κ1) is 20.8. The van der Waals surface area contributed by atoms with Crippen LogP contribution in [0.4, 0.5) is 4.39 Å². The molecule has 0 amide bonds. The average Bonchev–Trinajstić information content (AvgIpc) is 3.43. The summed E-state index contributed by atoms with van der Waals surface area (Å²) in [5, 5.41) is 9.41. The lowest BCUT2D eigenvalue weighted by atomic mass is 9.88. The van der Waals surface area contributed by atoms with E-state index in [9.17, 15) is 0 Å². The van der Waals surface area contributed by atoms with E-state index in [1.807, 2.05) is 54.1 Å². The molecule has 0 saturated carbocycles. The van der Waals surface area contributed by atoms with Gasteiger partial charge >= 0.3 is 0 Å². The molecule has 32 heavy (non-hydrogen) atoms. The molecule has 0 spiro atoms. The zero-order chi connectivity index (χ0) is 22.1. The van der Waals surface area contributed by atoms with Crippen LogP contribution in [0.3, 0.4) is 0 Å². The van der Waals surface area contributed by atoms with Crippen LogP contribution in [0.25, 0.3) is 23.0 Å². The number of aryl methyl sites for hydroxylation is 1. The number of halogens is 2. The molecule has 0 aliphatic carbocycles. The van der Waals surface area contributed by atoms with Crippen LogP contribution in [0.2, 0.25) is 5.02 Å². The molecule has 0 bridgehead atoms. The SMILES string of the molecule is Cc1cc(-c2nc(-c3ccc(C4(F)CCOCC4)cc3)no2)nn1Cc1ccc(Cl)cc1. The van der Waals surface area contributed by atoms with Crippen molar-refractivity contribution in [2.75, 3.05) is 13.2 Å². The summed E-state index contributed by atoms with van der Waals surface area (Å²) in [4.78, 5) is 4.50. The Morgan fingerprint density at radius 1 is 1.06 bits per heavy atom. The fraction of sp³-hybridized carbons (Fsp3) is 0.292. The Morgan fingerprint density at radius 2 is 1.78 bits per heavy atom. The molecule has 1 saturated heterocycles. The number of aromatic nitrogens is 4. The summed E-state index contributed by atoms with van der Waals surface area (Å²) in [5.74, 6) is 0.782. The molecule has 4 aromatic rings. The van der Waals surface area contributed by atoms with Crippen LogP contribution in [-0.2, 0) is 17.0 Å². The van der Waals surface area contributed by atoms with Crippen LogP contribution in [0.5, 0.6) is 0 Å². The molecule has 5 rings (SSSR count). The van der Waals surface area contributed by atoms with Gasteiger partial charge in [-0.1, -0.05) is 53.2 Å². The van der Waals surface area contributed by atoms with Crippen LogP contribution in [-0.4, -0.2) is 33.1 Å². The van der Waals surface area contributed by atoms with Gasteiger partial charge in [-0.05, 0) is 36.2 Å². The lowest BCUT2D eigenvalue weighted by Gasteiger charge is -2.29. The van der Waals surface area contributed by atoms with Crippen molar-refractivity contribution in [1.29, 1.82) is 0 Å². The molecule has 6 nitrogen and oxygen atoms in total. The van der Waals surface area contributed by atoms with E-state index >= 15 is 4.39 Å². The van der Waals surface area contributed by atoms with Crippen molar-refractivity contribution < 1.29 is 13.7 Å². The first-order chi connectivity index (χ1) is 15.5. The van der Waals surface area contributed by atoms with Gasteiger partial charge in [-0.25, -0.2) is 4.39 Å². The normalized spacial score (nSPS) is 15.7. The number of nitrogens with zero attached hydrogens (tertiary/aromatic N) is 4. The summed E-state index contributed by atoms with van der Waals surface area (Å²) in [6.45, 7) is 3.47. The Balaban J connectivity index is 1.34. The van der Waals surface area contributed by atoms with Gasteiger partial charge in [0.1, 0.15) is 5.67 Å². The van der Waals surface area contributed by atoms with E-state index in [-0.39, 0.29) is 0 Å². The third-order valence-electron chi connectivity index (χ3n) is 5.82.